The third-order valence-corrected chi connectivity index (χ3v) is 5.39. The molecule has 0 unspecified atom stereocenters. The number of aliphatic carboxylic acids is 1. The number of rotatable bonds is 6. The zero-order valence-corrected chi connectivity index (χ0v) is 13.6. The highest BCUT2D eigenvalue weighted by molar-refractivity contribution is 8.03. The predicted molar refractivity (Wildman–Crippen MR) is 84.2 cm³/mol. The molecule has 3 atom stereocenters. The fraction of sp³-hybridized carbons (Fsp3) is 0.438. The van der Waals surface area contributed by atoms with Crippen LogP contribution < -0.4 is 4.57 Å². The van der Waals surface area contributed by atoms with E-state index < -0.39 is 18.0 Å². The molecule has 0 saturated carbocycles. The molecule has 1 amide bonds. The molecule has 7 heteroatoms. The number of β-lactam (4-membered cyclic amide) rings is 1. The molecule has 1 aromatic rings. The highest BCUT2D eigenvalue weighted by Gasteiger charge is 2.56. The Morgan fingerprint density at radius 2 is 2.13 bits per heavy atom. The Morgan fingerprint density at radius 1 is 1.43 bits per heavy atom. The van der Waals surface area contributed by atoms with Crippen molar-refractivity contribution in [3.63, 3.8) is 0 Å². The van der Waals surface area contributed by atoms with E-state index in [0.717, 1.165) is 17.2 Å². The SMILES string of the molecule is C[C@@H](O)[C@H]1C(=O)N2C(C(=O)O)=C(SCC[n+]3ccccc3)C[C@H]12. The van der Waals surface area contributed by atoms with Crippen molar-refractivity contribution in [2.24, 2.45) is 5.92 Å². The van der Waals surface area contributed by atoms with Crippen LogP contribution in [0.2, 0.25) is 0 Å². The quantitative estimate of drug-likeness (QED) is 0.588. The molecule has 122 valence electrons. The molecule has 0 aliphatic carbocycles. The summed E-state index contributed by atoms with van der Waals surface area (Å²) >= 11 is 1.48. The summed E-state index contributed by atoms with van der Waals surface area (Å²) in [6, 6.07) is 5.62. The molecule has 2 aliphatic heterocycles. The van der Waals surface area contributed by atoms with Gasteiger partial charge in [0.25, 0.3) is 0 Å². The molecule has 1 aromatic heterocycles. The van der Waals surface area contributed by atoms with Gasteiger partial charge < -0.3 is 15.1 Å². The first kappa shape index (κ1) is 16.0. The summed E-state index contributed by atoms with van der Waals surface area (Å²) in [4.78, 5) is 25.7. The molecule has 3 heterocycles. The lowest BCUT2D eigenvalue weighted by Gasteiger charge is -2.44. The van der Waals surface area contributed by atoms with E-state index in [1.165, 1.54) is 16.7 Å². The summed E-state index contributed by atoms with van der Waals surface area (Å²) in [7, 11) is 0. The van der Waals surface area contributed by atoms with Gasteiger partial charge in [0.1, 0.15) is 5.70 Å². The van der Waals surface area contributed by atoms with Gasteiger partial charge in [0.2, 0.25) is 5.91 Å². The van der Waals surface area contributed by atoms with E-state index in [0.29, 0.717) is 6.42 Å². The number of aliphatic hydroxyl groups excluding tert-OH is 1. The Labute approximate surface area is 138 Å². The summed E-state index contributed by atoms with van der Waals surface area (Å²) in [5, 5.41) is 19.1. The van der Waals surface area contributed by atoms with Crippen molar-refractivity contribution in [3.8, 4) is 0 Å². The largest absolute Gasteiger partial charge is 0.477 e. The normalized spacial score (nSPS) is 24.4. The van der Waals surface area contributed by atoms with E-state index >= 15 is 0 Å². The van der Waals surface area contributed by atoms with Crippen molar-refractivity contribution in [1.82, 2.24) is 4.90 Å². The van der Waals surface area contributed by atoms with Crippen molar-refractivity contribution >= 4 is 23.6 Å². The second-order valence-electron chi connectivity index (χ2n) is 5.78. The van der Waals surface area contributed by atoms with Crippen molar-refractivity contribution in [1.29, 1.82) is 0 Å². The molecule has 23 heavy (non-hydrogen) atoms. The van der Waals surface area contributed by atoms with E-state index in [1.54, 1.807) is 6.92 Å². The molecule has 2 aliphatic rings. The van der Waals surface area contributed by atoms with Crippen molar-refractivity contribution < 1.29 is 24.4 Å². The Balaban J connectivity index is 1.69. The van der Waals surface area contributed by atoms with Gasteiger partial charge in [0.05, 0.1) is 23.8 Å². The van der Waals surface area contributed by atoms with E-state index in [1.807, 2.05) is 35.2 Å². The summed E-state index contributed by atoms with van der Waals surface area (Å²) in [5.74, 6) is -1.10. The number of carboxylic acid groups (broad SMARTS) is 1. The smallest absolute Gasteiger partial charge is 0.353 e. The van der Waals surface area contributed by atoms with Gasteiger partial charge >= 0.3 is 5.97 Å². The van der Waals surface area contributed by atoms with Gasteiger partial charge in [-0.3, -0.25) is 4.79 Å². The third-order valence-electron chi connectivity index (χ3n) is 4.29. The van der Waals surface area contributed by atoms with Gasteiger partial charge in [0.15, 0.2) is 18.9 Å². The molecular formula is C16H19N2O4S+. The van der Waals surface area contributed by atoms with Crippen LogP contribution in [0.5, 0.6) is 0 Å². The topological polar surface area (TPSA) is 81.7 Å². The summed E-state index contributed by atoms with van der Waals surface area (Å²) in [6.07, 6.45) is 3.69. The Hall–Kier alpha value is -1.86. The average Bonchev–Trinajstić information content (AvgIpc) is 2.82. The number of carboxylic acids is 1. The maximum absolute atomic E-state index is 12.1. The molecule has 0 aromatic carbocycles. The van der Waals surface area contributed by atoms with Gasteiger partial charge in [0, 0.05) is 23.5 Å². The molecule has 0 spiro atoms. The third kappa shape index (κ3) is 2.86. The zero-order valence-electron chi connectivity index (χ0n) is 12.8. The number of fused-ring (bicyclic) bond motifs is 1. The Bertz CT molecular complexity index is 659. The minimum Gasteiger partial charge on any atom is -0.477 e. The number of nitrogens with zero attached hydrogens (tertiary/aromatic N) is 2. The van der Waals surface area contributed by atoms with Crippen LogP contribution >= 0.6 is 11.8 Å². The number of hydrogen-bond donors (Lipinski definition) is 2. The molecule has 6 nitrogen and oxygen atoms in total. The first-order chi connectivity index (χ1) is 11.0. The molecular weight excluding hydrogens is 316 g/mol. The van der Waals surface area contributed by atoms with Crippen LogP contribution in [-0.2, 0) is 16.1 Å². The van der Waals surface area contributed by atoms with Gasteiger partial charge in [-0.05, 0) is 6.92 Å². The molecule has 2 N–H and O–H groups in total. The second kappa shape index (κ2) is 6.33. The number of aromatic nitrogens is 1. The van der Waals surface area contributed by atoms with Gasteiger partial charge in [-0.15, -0.1) is 11.8 Å². The molecule has 0 bridgehead atoms. The van der Waals surface area contributed by atoms with Crippen LogP contribution in [-0.4, -0.2) is 44.9 Å². The molecule has 1 fully saturated rings. The number of carbonyl (C=O) groups is 2. The van der Waals surface area contributed by atoms with Crippen molar-refractivity contribution in [2.75, 3.05) is 5.75 Å². The summed E-state index contributed by atoms with van der Waals surface area (Å²) in [6.45, 7) is 2.35. The molecule has 0 radical (unpaired) electrons. The maximum atomic E-state index is 12.1. The number of aliphatic hydroxyl groups is 1. The van der Waals surface area contributed by atoms with Crippen molar-refractivity contribution in [3.05, 3.63) is 41.2 Å². The van der Waals surface area contributed by atoms with E-state index in [4.69, 9.17) is 0 Å². The Kier molecular flexibility index (Phi) is 4.41. The first-order valence-electron chi connectivity index (χ1n) is 7.55. The zero-order chi connectivity index (χ0) is 16.6. The van der Waals surface area contributed by atoms with Gasteiger partial charge in [-0.25, -0.2) is 9.36 Å². The highest BCUT2D eigenvalue weighted by atomic mass is 32.2. The van der Waals surface area contributed by atoms with Crippen LogP contribution in [0.25, 0.3) is 0 Å². The summed E-state index contributed by atoms with van der Waals surface area (Å²) < 4.78 is 2.03. The van der Waals surface area contributed by atoms with E-state index in [9.17, 15) is 19.8 Å². The lowest BCUT2D eigenvalue weighted by Crippen LogP contribution is -2.61. The van der Waals surface area contributed by atoms with Gasteiger partial charge in [-0.2, -0.15) is 0 Å². The van der Waals surface area contributed by atoms with E-state index in [-0.39, 0.29) is 17.6 Å². The maximum Gasteiger partial charge on any atom is 0.353 e. The lowest BCUT2D eigenvalue weighted by atomic mass is 9.83. The Morgan fingerprint density at radius 3 is 2.74 bits per heavy atom. The number of aryl methyl sites for hydroxylation is 1. The van der Waals surface area contributed by atoms with Crippen LogP contribution in [0.3, 0.4) is 0 Å². The standard InChI is InChI=1S/C16H18N2O4S/c1-10(19)13-11-9-12(14(16(21)22)18(11)15(13)20)23-8-7-17-5-3-2-4-6-17/h2-6,10-11,13,19H,7-9H2,1H3/p+1/t10-,11-,13-/m1/s1. The van der Waals surface area contributed by atoms with Crippen molar-refractivity contribution in [2.45, 2.75) is 32.0 Å². The molecule has 1 saturated heterocycles. The monoisotopic (exact) mass is 335 g/mol. The van der Waals surface area contributed by atoms with E-state index in [2.05, 4.69) is 0 Å². The number of amides is 1. The second-order valence-corrected chi connectivity index (χ2v) is 6.97. The predicted octanol–water partition coefficient (Wildman–Crippen LogP) is 0.615. The summed E-state index contributed by atoms with van der Waals surface area (Å²) in [5.41, 5.74) is 0.0972. The first-order valence-corrected chi connectivity index (χ1v) is 8.53. The van der Waals surface area contributed by atoms with Crippen LogP contribution in [0, 0.1) is 5.92 Å². The van der Waals surface area contributed by atoms with Gasteiger partial charge in [-0.1, -0.05) is 6.07 Å². The fourth-order valence-electron chi connectivity index (χ4n) is 3.22. The molecule has 3 rings (SSSR count). The fourth-order valence-corrected chi connectivity index (χ4v) is 4.38. The average molecular weight is 335 g/mol. The van der Waals surface area contributed by atoms with Crippen LogP contribution in [0.1, 0.15) is 13.3 Å². The minimum absolute atomic E-state index is 0.0972. The van der Waals surface area contributed by atoms with Crippen LogP contribution in [0.15, 0.2) is 41.2 Å². The highest BCUT2D eigenvalue weighted by Crippen LogP contribution is 2.46. The van der Waals surface area contributed by atoms with Crippen LogP contribution in [0.4, 0.5) is 0 Å². The number of thioether (sulfide) groups is 1. The lowest BCUT2D eigenvalue weighted by molar-refractivity contribution is -0.692. The number of pyridine rings is 1. The minimum atomic E-state index is -1.07. The number of hydrogen-bond acceptors (Lipinski definition) is 4. The number of carbonyl (C=O) groups excluding carboxylic acids is 1.